The Labute approximate surface area is 89.7 Å². The number of benzene rings is 1. The van der Waals surface area contributed by atoms with Gasteiger partial charge in [-0.3, -0.25) is 4.79 Å². The first kappa shape index (κ1) is 11.7. The zero-order valence-electron chi connectivity index (χ0n) is 9.06. The van der Waals surface area contributed by atoms with Gasteiger partial charge in [0.15, 0.2) is 5.78 Å². The van der Waals surface area contributed by atoms with Gasteiger partial charge in [0, 0.05) is 5.92 Å². The van der Waals surface area contributed by atoms with E-state index in [2.05, 4.69) is 0 Å². The van der Waals surface area contributed by atoms with E-state index in [1.807, 2.05) is 13.8 Å². The van der Waals surface area contributed by atoms with Crippen molar-refractivity contribution in [2.75, 3.05) is 6.61 Å². The van der Waals surface area contributed by atoms with Crippen LogP contribution < -0.4 is 4.74 Å². The molecule has 0 saturated heterocycles. The number of aliphatic hydroxyl groups is 1. The van der Waals surface area contributed by atoms with Crippen LogP contribution in [0.1, 0.15) is 19.4 Å². The molecule has 3 nitrogen and oxygen atoms in total. The number of rotatable bonds is 5. The third-order valence-corrected chi connectivity index (χ3v) is 2.11. The molecule has 0 fully saturated rings. The summed E-state index contributed by atoms with van der Waals surface area (Å²) in [5.74, 6) is 0.686. The van der Waals surface area contributed by atoms with E-state index in [9.17, 15) is 4.79 Å². The van der Waals surface area contributed by atoms with Crippen molar-refractivity contribution in [1.29, 1.82) is 0 Å². The van der Waals surface area contributed by atoms with Crippen LogP contribution in [0.25, 0.3) is 0 Å². The van der Waals surface area contributed by atoms with Gasteiger partial charge in [-0.2, -0.15) is 0 Å². The summed E-state index contributed by atoms with van der Waals surface area (Å²) < 4.78 is 5.31. The Hall–Kier alpha value is -1.35. The summed E-state index contributed by atoms with van der Waals surface area (Å²) in [6.45, 7) is 3.76. The summed E-state index contributed by atoms with van der Waals surface area (Å²) in [5.41, 5.74) is 0.782. The predicted octanol–water partition coefficient (Wildman–Crippen LogP) is 1.78. The molecule has 0 saturated carbocycles. The Morgan fingerprint density at radius 1 is 1.47 bits per heavy atom. The van der Waals surface area contributed by atoms with E-state index >= 15 is 0 Å². The topological polar surface area (TPSA) is 46.5 Å². The molecule has 0 heterocycles. The van der Waals surface area contributed by atoms with Gasteiger partial charge < -0.3 is 9.84 Å². The number of hydrogen-bond acceptors (Lipinski definition) is 3. The average molecular weight is 208 g/mol. The van der Waals surface area contributed by atoms with Gasteiger partial charge in [-0.05, 0) is 17.7 Å². The summed E-state index contributed by atoms with van der Waals surface area (Å²) in [4.78, 5) is 11.3. The highest BCUT2D eigenvalue weighted by atomic mass is 16.5. The molecule has 0 bridgehead atoms. The molecule has 1 aromatic carbocycles. The molecule has 15 heavy (non-hydrogen) atoms. The van der Waals surface area contributed by atoms with Gasteiger partial charge in [-0.25, -0.2) is 0 Å². The van der Waals surface area contributed by atoms with E-state index in [4.69, 9.17) is 9.84 Å². The first-order valence-electron chi connectivity index (χ1n) is 4.99. The Morgan fingerprint density at radius 2 is 2.20 bits per heavy atom. The van der Waals surface area contributed by atoms with Crippen LogP contribution in [0.15, 0.2) is 24.3 Å². The van der Waals surface area contributed by atoms with Crippen LogP contribution >= 0.6 is 0 Å². The maximum atomic E-state index is 11.3. The molecule has 0 spiro atoms. The van der Waals surface area contributed by atoms with Crippen LogP contribution in [-0.2, 0) is 11.4 Å². The Balaban J connectivity index is 2.54. The summed E-state index contributed by atoms with van der Waals surface area (Å²) in [6.07, 6.45) is 0. The second-order valence-corrected chi connectivity index (χ2v) is 3.72. The van der Waals surface area contributed by atoms with Gasteiger partial charge in [0.2, 0.25) is 0 Å². The SMILES string of the molecule is CC(C)C(=O)COc1cccc(CO)c1. The summed E-state index contributed by atoms with van der Waals surface area (Å²) in [5, 5.41) is 8.91. The summed E-state index contributed by atoms with van der Waals surface area (Å²) in [7, 11) is 0. The van der Waals surface area contributed by atoms with Crippen molar-refractivity contribution in [1.82, 2.24) is 0 Å². The van der Waals surface area contributed by atoms with Gasteiger partial charge in [0.25, 0.3) is 0 Å². The molecular weight excluding hydrogens is 192 g/mol. The third-order valence-electron chi connectivity index (χ3n) is 2.11. The van der Waals surface area contributed by atoms with E-state index in [1.165, 1.54) is 0 Å². The van der Waals surface area contributed by atoms with Crippen molar-refractivity contribution in [3.8, 4) is 5.75 Å². The molecule has 82 valence electrons. The van der Waals surface area contributed by atoms with Crippen molar-refractivity contribution in [3.05, 3.63) is 29.8 Å². The van der Waals surface area contributed by atoms with Crippen molar-refractivity contribution >= 4 is 5.78 Å². The second-order valence-electron chi connectivity index (χ2n) is 3.72. The van der Waals surface area contributed by atoms with Gasteiger partial charge >= 0.3 is 0 Å². The number of Topliss-reactive ketones (excluding diaryl/α,β-unsaturated/α-hetero) is 1. The molecule has 1 aromatic rings. The van der Waals surface area contributed by atoms with Gasteiger partial charge in [-0.15, -0.1) is 0 Å². The summed E-state index contributed by atoms with van der Waals surface area (Å²) >= 11 is 0. The van der Waals surface area contributed by atoms with Crippen molar-refractivity contribution in [2.45, 2.75) is 20.5 Å². The molecule has 0 aromatic heterocycles. The van der Waals surface area contributed by atoms with Crippen LogP contribution in [0.5, 0.6) is 5.75 Å². The van der Waals surface area contributed by atoms with E-state index in [0.29, 0.717) is 5.75 Å². The van der Waals surface area contributed by atoms with E-state index in [1.54, 1.807) is 24.3 Å². The number of ether oxygens (including phenoxy) is 1. The second kappa shape index (κ2) is 5.51. The molecule has 0 amide bonds. The first-order valence-corrected chi connectivity index (χ1v) is 4.99. The normalized spacial score (nSPS) is 10.4. The monoisotopic (exact) mass is 208 g/mol. The van der Waals surface area contributed by atoms with Crippen LogP contribution in [0, 0.1) is 5.92 Å². The van der Waals surface area contributed by atoms with Crippen molar-refractivity contribution in [2.24, 2.45) is 5.92 Å². The largest absolute Gasteiger partial charge is 0.486 e. The zero-order chi connectivity index (χ0) is 11.3. The lowest BCUT2D eigenvalue weighted by molar-refractivity contribution is -0.123. The lowest BCUT2D eigenvalue weighted by atomic mass is 10.1. The smallest absolute Gasteiger partial charge is 0.172 e. The highest BCUT2D eigenvalue weighted by Gasteiger charge is 2.07. The molecule has 0 aliphatic carbocycles. The zero-order valence-corrected chi connectivity index (χ0v) is 9.06. The molecular formula is C12H16O3. The Kier molecular flexibility index (Phi) is 4.31. The average Bonchev–Trinajstić information content (AvgIpc) is 2.26. The van der Waals surface area contributed by atoms with Crippen molar-refractivity contribution in [3.63, 3.8) is 0 Å². The van der Waals surface area contributed by atoms with Crippen molar-refractivity contribution < 1.29 is 14.6 Å². The number of carbonyl (C=O) groups is 1. The Morgan fingerprint density at radius 3 is 2.80 bits per heavy atom. The molecule has 0 unspecified atom stereocenters. The third kappa shape index (κ3) is 3.72. The maximum absolute atomic E-state index is 11.3. The number of aliphatic hydroxyl groups excluding tert-OH is 1. The molecule has 3 heteroatoms. The minimum absolute atomic E-state index is 0.00831. The van der Waals surface area contributed by atoms with Gasteiger partial charge in [0.05, 0.1) is 6.61 Å². The highest BCUT2D eigenvalue weighted by molar-refractivity contribution is 5.81. The standard InChI is InChI=1S/C12H16O3/c1-9(2)12(14)8-15-11-5-3-4-10(6-11)7-13/h3-6,9,13H,7-8H2,1-2H3. The number of ketones is 1. The highest BCUT2D eigenvalue weighted by Crippen LogP contribution is 2.13. The molecule has 0 aliphatic heterocycles. The first-order chi connectivity index (χ1) is 7.13. The van der Waals surface area contributed by atoms with E-state index < -0.39 is 0 Å². The fourth-order valence-corrected chi connectivity index (χ4v) is 1.05. The van der Waals surface area contributed by atoms with Crippen LogP contribution in [-0.4, -0.2) is 17.5 Å². The lowest BCUT2D eigenvalue weighted by Gasteiger charge is -2.08. The quantitative estimate of drug-likeness (QED) is 0.802. The minimum atomic E-state index is -0.0185. The predicted molar refractivity (Wildman–Crippen MR) is 57.7 cm³/mol. The molecule has 0 atom stereocenters. The van der Waals surface area contributed by atoms with Crippen LogP contribution in [0.2, 0.25) is 0 Å². The number of carbonyl (C=O) groups excluding carboxylic acids is 1. The maximum Gasteiger partial charge on any atom is 0.172 e. The Bertz CT molecular complexity index is 331. The molecule has 0 radical (unpaired) electrons. The minimum Gasteiger partial charge on any atom is -0.486 e. The fourth-order valence-electron chi connectivity index (χ4n) is 1.05. The van der Waals surface area contributed by atoms with Gasteiger partial charge in [-0.1, -0.05) is 26.0 Å². The van der Waals surface area contributed by atoms with E-state index in [0.717, 1.165) is 5.56 Å². The van der Waals surface area contributed by atoms with Crippen LogP contribution in [0.4, 0.5) is 0 Å². The lowest BCUT2D eigenvalue weighted by Crippen LogP contribution is -2.16. The molecule has 1 rings (SSSR count). The number of hydrogen-bond donors (Lipinski definition) is 1. The summed E-state index contributed by atoms with van der Waals surface area (Å²) in [6, 6.07) is 7.10. The molecule has 1 N–H and O–H groups in total. The van der Waals surface area contributed by atoms with Crippen LogP contribution in [0.3, 0.4) is 0 Å². The fraction of sp³-hybridized carbons (Fsp3) is 0.417. The molecule has 0 aliphatic rings. The van der Waals surface area contributed by atoms with E-state index in [-0.39, 0.29) is 24.9 Å². The van der Waals surface area contributed by atoms with Gasteiger partial charge in [0.1, 0.15) is 12.4 Å².